The number of nitrogens with one attached hydrogen (secondary N) is 2. The maximum absolute atomic E-state index is 12.3. The number of carbonyl (C=O) groups excluding carboxylic acids is 4. The molecule has 536 valence electrons. The van der Waals surface area contributed by atoms with E-state index in [-0.39, 0.29) is 47.8 Å². The van der Waals surface area contributed by atoms with Crippen molar-refractivity contribution in [3.05, 3.63) is 258 Å². The maximum atomic E-state index is 12.3. The highest BCUT2D eigenvalue weighted by Gasteiger charge is 2.15. The number of carbonyl (C=O) groups is 5. The van der Waals surface area contributed by atoms with Gasteiger partial charge in [-0.1, -0.05) is 125 Å². The number of ether oxygens (including phenoxy) is 8. The summed E-state index contributed by atoms with van der Waals surface area (Å²) in [6, 6.07) is 66.0. The maximum Gasteiger partial charge on any atom is 0.330 e. The standard InChI is InChI=1S/C20H20N2O2.C20H22N2O.C12H16O3.C12H14O3.C11H14O3.C9H10O2/c1-14(15-7-9-18(24-2)10-8-15)11-20(23)22-17-12-16-5-3-4-6-19(16)21-13-17;1-15(16-7-9-19(23-2)10-8-16)11-12-21-18-13-17-5-3-4-6-20(17)22-14-18;2*1-9(8-12(13)15-3)10-4-6-11(14-2)7-5-10;1-8(7-11(12)13)9-3-5-10(14-2)6-4-9;1-7(10)8-3-5-9(11-2)6-4-8/h3-10,12-14H,11H2,1-2H3,(H,22,23);3-10,13-15,21H,11-12H2,1-2H3;4-7,9H,8H2,1-3H3;4-8H,1-3H3;3-6,8H,7H2,1-2H3,(H,12,13);3-6H,1-2H3/b;;;9-8+;;. The van der Waals surface area contributed by atoms with Gasteiger partial charge in [0.05, 0.1) is 105 Å². The third kappa shape index (κ3) is 28.4. The third-order valence-electron chi connectivity index (χ3n) is 16.4. The van der Waals surface area contributed by atoms with E-state index in [2.05, 4.69) is 61.3 Å². The molecule has 10 rings (SSSR count). The van der Waals surface area contributed by atoms with Crippen LogP contribution in [0.4, 0.5) is 11.4 Å². The van der Waals surface area contributed by atoms with Crippen molar-refractivity contribution < 1.29 is 67.0 Å². The van der Waals surface area contributed by atoms with Gasteiger partial charge in [-0.15, -0.1) is 0 Å². The molecule has 0 aliphatic rings. The van der Waals surface area contributed by atoms with Crippen molar-refractivity contribution >= 4 is 68.4 Å². The van der Waals surface area contributed by atoms with Gasteiger partial charge in [0.15, 0.2) is 5.78 Å². The van der Waals surface area contributed by atoms with Gasteiger partial charge in [0, 0.05) is 35.4 Å². The summed E-state index contributed by atoms with van der Waals surface area (Å²) in [4.78, 5) is 64.5. The van der Waals surface area contributed by atoms with Crippen LogP contribution in [-0.4, -0.2) is 108 Å². The number of ketones is 1. The molecular weight excluding hydrogens is 1290 g/mol. The van der Waals surface area contributed by atoms with Crippen LogP contribution in [0.15, 0.2) is 225 Å². The van der Waals surface area contributed by atoms with Gasteiger partial charge in [0.25, 0.3) is 0 Å². The lowest BCUT2D eigenvalue weighted by atomic mass is 9.97. The van der Waals surface area contributed by atoms with Crippen molar-refractivity contribution in [3.8, 4) is 34.5 Å². The highest BCUT2D eigenvalue weighted by Crippen LogP contribution is 2.28. The number of fused-ring (bicyclic) bond motifs is 2. The Morgan fingerprint density at radius 2 is 0.775 bits per heavy atom. The molecule has 10 aromatic rings. The lowest BCUT2D eigenvalue weighted by Gasteiger charge is -2.14. The summed E-state index contributed by atoms with van der Waals surface area (Å²) in [6.07, 6.45) is 7.11. The van der Waals surface area contributed by atoms with E-state index >= 15 is 0 Å². The number of esters is 2. The van der Waals surface area contributed by atoms with Crippen molar-refractivity contribution in [1.29, 1.82) is 0 Å². The van der Waals surface area contributed by atoms with Gasteiger partial charge in [0.2, 0.25) is 5.91 Å². The Bertz CT molecular complexity index is 4200. The Morgan fingerprint density at radius 1 is 0.422 bits per heavy atom. The van der Waals surface area contributed by atoms with E-state index in [0.29, 0.717) is 24.3 Å². The van der Waals surface area contributed by atoms with Crippen LogP contribution in [0.1, 0.15) is 129 Å². The first-order chi connectivity index (χ1) is 49.1. The largest absolute Gasteiger partial charge is 0.497 e. The summed E-state index contributed by atoms with van der Waals surface area (Å²) in [5.41, 5.74) is 10.9. The van der Waals surface area contributed by atoms with Crippen molar-refractivity contribution in [3.63, 3.8) is 0 Å². The molecule has 4 unspecified atom stereocenters. The number of hydrogen-bond donors (Lipinski definition) is 3. The van der Waals surface area contributed by atoms with Crippen LogP contribution in [0.25, 0.3) is 27.4 Å². The molecule has 0 aliphatic carbocycles. The predicted octanol–water partition coefficient (Wildman–Crippen LogP) is 18.0. The second-order valence-corrected chi connectivity index (χ2v) is 23.7. The Labute approximate surface area is 600 Å². The van der Waals surface area contributed by atoms with Gasteiger partial charge in [-0.2, -0.15) is 0 Å². The molecular formula is C84H96N4O14. The van der Waals surface area contributed by atoms with Gasteiger partial charge in [-0.25, -0.2) is 4.79 Å². The number of nitrogens with zero attached hydrogens (tertiary/aromatic N) is 2. The number of methoxy groups -OCH3 is 8. The first kappa shape index (κ1) is 81.1. The molecule has 0 saturated heterocycles. The molecule has 3 N–H and O–H groups in total. The van der Waals surface area contributed by atoms with Gasteiger partial charge >= 0.3 is 17.9 Å². The van der Waals surface area contributed by atoms with Crippen LogP contribution in [0.5, 0.6) is 34.5 Å². The van der Waals surface area contributed by atoms with Crippen molar-refractivity contribution in [2.45, 2.75) is 90.9 Å². The lowest BCUT2D eigenvalue weighted by molar-refractivity contribution is -0.141. The number of para-hydroxylation sites is 2. The number of benzene rings is 8. The van der Waals surface area contributed by atoms with E-state index in [4.69, 9.17) is 33.5 Å². The van der Waals surface area contributed by atoms with E-state index in [9.17, 15) is 24.0 Å². The minimum absolute atomic E-state index is 0.0181. The minimum Gasteiger partial charge on any atom is -0.497 e. The van der Waals surface area contributed by atoms with Crippen LogP contribution in [-0.2, 0) is 28.7 Å². The summed E-state index contributed by atoms with van der Waals surface area (Å²) in [7, 11) is 12.6. The van der Waals surface area contributed by atoms with E-state index in [1.165, 1.54) is 31.2 Å². The van der Waals surface area contributed by atoms with E-state index in [1.54, 1.807) is 80.0 Å². The van der Waals surface area contributed by atoms with Crippen LogP contribution in [0, 0.1) is 0 Å². The molecule has 8 aromatic carbocycles. The quantitative estimate of drug-likeness (QED) is 0.0290. The fraction of sp³-hybridized carbons (Fsp3) is 0.274. The van der Waals surface area contributed by atoms with Crippen LogP contribution in [0.3, 0.4) is 0 Å². The number of rotatable bonds is 24. The van der Waals surface area contributed by atoms with E-state index in [0.717, 1.165) is 103 Å². The number of hydrogen-bond acceptors (Lipinski definition) is 16. The van der Waals surface area contributed by atoms with Crippen molar-refractivity contribution in [2.75, 3.05) is 74.1 Å². The summed E-state index contributed by atoms with van der Waals surface area (Å²) in [6.45, 7) is 12.5. The highest BCUT2D eigenvalue weighted by molar-refractivity contribution is 5.95. The average molecular weight is 1390 g/mol. The number of carboxylic acid groups (broad SMARTS) is 1. The van der Waals surface area contributed by atoms with Gasteiger partial charge < -0.3 is 53.6 Å². The Kier molecular flexibility index (Phi) is 34.8. The number of aromatic nitrogens is 2. The van der Waals surface area contributed by atoms with Gasteiger partial charge in [0.1, 0.15) is 34.5 Å². The molecule has 0 bridgehead atoms. The normalized spacial score (nSPS) is 11.6. The van der Waals surface area contributed by atoms with E-state index in [1.807, 2.05) is 192 Å². The third-order valence-corrected chi connectivity index (χ3v) is 16.4. The fourth-order valence-corrected chi connectivity index (χ4v) is 10.1. The number of aliphatic carboxylic acids is 1. The molecule has 0 radical (unpaired) electrons. The monoisotopic (exact) mass is 1380 g/mol. The molecule has 1 amide bonds. The summed E-state index contributed by atoms with van der Waals surface area (Å²) in [5.74, 6) is 4.50. The number of Topliss-reactive ketones (excluding diaryl/α,β-unsaturated/α-hetero) is 1. The second kappa shape index (κ2) is 43.8. The molecule has 2 aromatic heterocycles. The molecule has 0 fully saturated rings. The van der Waals surface area contributed by atoms with Gasteiger partial charge in [-0.05, 0) is 187 Å². The van der Waals surface area contributed by atoms with Crippen molar-refractivity contribution in [2.24, 2.45) is 0 Å². The fourth-order valence-electron chi connectivity index (χ4n) is 10.1. The van der Waals surface area contributed by atoms with Crippen LogP contribution >= 0.6 is 0 Å². The zero-order valence-corrected chi connectivity index (χ0v) is 60.9. The predicted molar refractivity (Wildman–Crippen MR) is 406 cm³/mol. The Morgan fingerprint density at radius 3 is 1.16 bits per heavy atom. The van der Waals surface area contributed by atoms with E-state index < -0.39 is 5.97 Å². The molecule has 2 heterocycles. The molecule has 0 spiro atoms. The Hall–Kier alpha value is -11.5. The number of carboxylic acids is 1. The first-order valence-corrected chi connectivity index (χ1v) is 33.3. The summed E-state index contributed by atoms with van der Waals surface area (Å²) >= 11 is 0. The average Bonchev–Trinajstić information content (AvgIpc) is 0.856. The molecule has 102 heavy (non-hydrogen) atoms. The number of allylic oxidation sites excluding steroid dienone is 1. The molecule has 18 nitrogen and oxygen atoms in total. The number of amides is 1. The smallest absolute Gasteiger partial charge is 0.330 e. The van der Waals surface area contributed by atoms with Crippen LogP contribution < -0.4 is 39.1 Å². The number of anilines is 2. The zero-order chi connectivity index (χ0) is 74.3. The SMILES string of the molecule is COC(=O)/C=C(\C)c1ccc(OC)cc1.COC(=O)CC(C)c1ccc(OC)cc1.COc1ccc(C(C)=O)cc1.COc1ccc(C(C)CC(=O)Nc2cnc3ccccc3c2)cc1.COc1ccc(C(C)CC(=O)O)cc1.COc1ccc(C(C)CCNc2cnc3ccccc3c2)cc1. The molecule has 4 atom stereocenters. The second-order valence-electron chi connectivity index (χ2n) is 23.7. The zero-order valence-electron chi connectivity index (χ0n) is 60.9. The summed E-state index contributed by atoms with van der Waals surface area (Å²) in [5, 5.41) is 17.2. The lowest BCUT2D eigenvalue weighted by Crippen LogP contribution is -2.14. The first-order valence-electron chi connectivity index (χ1n) is 33.3. The number of pyridine rings is 2. The van der Waals surface area contributed by atoms with Crippen LogP contribution in [0.2, 0.25) is 0 Å². The molecule has 0 saturated carbocycles. The topological polar surface area (TPSA) is 229 Å². The minimum atomic E-state index is -0.770. The summed E-state index contributed by atoms with van der Waals surface area (Å²) < 4.78 is 39.6. The van der Waals surface area contributed by atoms with Gasteiger partial charge in [-0.3, -0.25) is 29.1 Å². The highest BCUT2D eigenvalue weighted by atomic mass is 16.5. The Balaban J connectivity index is 0.000000225. The molecule has 18 heteroatoms. The van der Waals surface area contributed by atoms with Crippen molar-refractivity contribution in [1.82, 2.24) is 9.97 Å². The molecule has 0 aliphatic heterocycles.